The highest BCUT2D eigenvalue weighted by molar-refractivity contribution is 6.10. The average molecular weight is 475 g/mol. The molecular weight excluding hydrogens is 440 g/mol. The molecule has 3 aromatic rings. The second-order valence-electron chi connectivity index (χ2n) is 8.70. The number of ketones is 1. The van der Waals surface area contributed by atoms with Gasteiger partial charge >= 0.3 is 5.97 Å². The Hall–Kier alpha value is -3.60. The van der Waals surface area contributed by atoms with E-state index >= 15 is 0 Å². The van der Waals surface area contributed by atoms with E-state index in [9.17, 15) is 9.59 Å². The summed E-state index contributed by atoms with van der Waals surface area (Å²) in [6, 6.07) is 20.8. The van der Waals surface area contributed by atoms with Gasteiger partial charge in [0.1, 0.15) is 24.2 Å². The van der Waals surface area contributed by atoms with Crippen molar-refractivity contribution in [2.45, 2.75) is 59.0 Å². The van der Waals surface area contributed by atoms with Crippen LogP contribution in [-0.2, 0) is 17.6 Å². The molecule has 5 nitrogen and oxygen atoms in total. The van der Waals surface area contributed by atoms with Gasteiger partial charge in [0.2, 0.25) is 0 Å². The predicted octanol–water partition coefficient (Wildman–Crippen LogP) is 6.43. The maximum atomic E-state index is 13.2. The fraction of sp³-hybridized carbons (Fsp3) is 0.333. The van der Waals surface area contributed by atoms with Crippen LogP contribution in [0.3, 0.4) is 0 Å². The molecule has 184 valence electrons. The third kappa shape index (κ3) is 7.44. The van der Waals surface area contributed by atoms with Crippen molar-refractivity contribution in [3.8, 4) is 11.5 Å². The lowest BCUT2D eigenvalue weighted by molar-refractivity contribution is -0.136. The van der Waals surface area contributed by atoms with Crippen LogP contribution in [0, 0.1) is 6.92 Å². The van der Waals surface area contributed by atoms with Gasteiger partial charge in [-0.05, 0) is 67.1 Å². The number of carbonyl (C=O) groups excluding carboxylic acids is 1. The van der Waals surface area contributed by atoms with Gasteiger partial charge in [-0.25, -0.2) is 0 Å². The molecule has 0 amide bonds. The Balaban J connectivity index is 1.74. The highest BCUT2D eigenvalue weighted by Gasteiger charge is 2.18. The fourth-order valence-corrected chi connectivity index (χ4v) is 3.98. The van der Waals surface area contributed by atoms with Crippen molar-refractivity contribution in [1.29, 1.82) is 0 Å². The first-order chi connectivity index (χ1) is 16.9. The number of benzene rings is 3. The second-order valence-corrected chi connectivity index (χ2v) is 8.70. The van der Waals surface area contributed by atoms with Crippen molar-refractivity contribution in [1.82, 2.24) is 0 Å². The van der Waals surface area contributed by atoms with Gasteiger partial charge in [0, 0.05) is 12.0 Å². The van der Waals surface area contributed by atoms with Gasteiger partial charge in [0.25, 0.3) is 0 Å². The van der Waals surface area contributed by atoms with Gasteiger partial charge in [-0.15, -0.1) is 0 Å². The van der Waals surface area contributed by atoms with Crippen LogP contribution in [0.1, 0.15) is 65.7 Å². The molecule has 0 aliphatic rings. The lowest BCUT2D eigenvalue weighted by Gasteiger charge is -2.21. The van der Waals surface area contributed by atoms with E-state index in [1.54, 1.807) is 0 Å². The van der Waals surface area contributed by atoms with Gasteiger partial charge < -0.3 is 14.6 Å². The molecule has 0 bridgehead atoms. The number of aryl methyl sites for hydroxylation is 3. The molecule has 1 N–H and O–H groups in total. The number of hydrogen-bond acceptors (Lipinski definition) is 4. The summed E-state index contributed by atoms with van der Waals surface area (Å²) in [6.07, 6.45) is 2.97. The summed E-state index contributed by atoms with van der Waals surface area (Å²) in [7, 11) is 0. The fourth-order valence-electron chi connectivity index (χ4n) is 3.98. The lowest BCUT2D eigenvalue weighted by Crippen LogP contribution is -2.25. The molecule has 5 heteroatoms. The first kappa shape index (κ1) is 26.0. The van der Waals surface area contributed by atoms with Crippen LogP contribution in [0.15, 0.2) is 66.7 Å². The van der Waals surface area contributed by atoms with Crippen molar-refractivity contribution >= 4 is 11.8 Å². The smallest absolute Gasteiger partial charge is 0.303 e. The minimum Gasteiger partial charge on any atom is -0.489 e. The van der Waals surface area contributed by atoms with Crippen LogP contribution >= 0.6 is 0 Å². The third-order valence-corrected chi connectivity index (χ3v) is 5.99. The summed E-state index contributed by atoms with van der Waals surface area (Å²) in [5, 5.41) is 8.94. The number of carboxylic acid groups (broad SMARTS) is 1. The van der Waals surface area contributed by atoms with Crippen molar-refractivity contribution in [2.75, 3.05) is 6.61 Å². The van der Waals surface area contributed by atoms with Crippen LogP contribution < -0.4 is 9.47 Å². The molecule has 0 aromatic heterocycles. The van der Waals surface area contributed by atoms with E-state index in [0.29, 0.717) is 29.9 Å². The van der Waals surface area contributed by atoms with Crippen molar-refractivity contribution in [3.63, 3.8) is 0 Å². The summed E-state index contributed by atoms with van der Waals surface area (Å²) in [5.41, 5.74) is 4.28. The molecule has 1 unspecified atom stereocenters. The molecule has 0 aliphatic heterocycles. The SMILES string of the molecule is CCCC(COc1ccc(CC)cc1C(=O)c1ccccc1)Oc1ccc(CCC(=O)O)c(C)c1. The summed E-state index contributed by atoms with van der Waals surface area (Å²) < 4.78 is 12.4. The molecule has 3 rings (SSSR count). The zero-order valence-corrected chi connectivity index (χ0v) is 20.8. The Morgan fingerprint density at radius 3 is 2.40 bits per heavy atom. The summed E-state index contributed by atoms with van der Waals surface area (Å²) in [5.74, 6) is 0.421. The van der Waals surface area contributed by atoms with E-state index in [0.717, 1.165) is 41.7 Å². The van der Waals surface area contributed by atoms with Crippen molar-refractivity contribution in [2.24, 2.45) is 0 Å². The van der Waals surface area contributed by atoms with E-state index in [-0.39, 0.29) is 18.3 Å². The molecule has 0 heterocycles. The predicted molar refractivity (Wildman–Crippen MR) is 138 cm³/mol. The normalized spacial score (nSPS) is 11.6. The van der Waals surface area contributed by atoms with E-state index in [1.165, 1.54) is 0 Å². The van der Waals surface area contributed by atoms with Gasteiger partial charge in [0.05, 0.1) is 5.56 Å². The molecule has 3 aromatic carbocycles. The van der Waals surface area contributed by atoms with Crippen LogP contribution in [0.25, 0.3) is 0 Å². The Morgan fingerprint density at radius 1 is 0.971 bits per heavy atom. The maximum absolute atomic E-state index is 13.2. The van der Waals surface area contributed by atoms with Crippen molar-refractivity contribution in [3.05, 3.63) is 94.5 Å². The maximum Gasteiger partial charge on any atom is 0.303 e. The number of carbonyl (C=O) groups is 2. The topological polar surface area (TPSA) is 72.8 Å². The van der Waals surface area contributed by atoms with E-state index in [2.05, 4.69) is 13.8 Å². The minimum absolute atomic E-state index is 0.0589. The largest absolute Gasteiger partial charge is 0.489 e. The minimum atomic E-state index is -0.804. The highest BCUT2D eigenvalue weighted by atomic mass is 16.5. The number of hydrogen-bond donors (Lipinski definition) is 1. The second kappa shape index (κ2) is 12.7. The summed E-state index contributed by atoms with van der Waals surface area (Å²) >= 11 is 0. The third-order valence-electron chi connectivity index (χ3n) is 5.99. The van der Waals surface area contributed by atoms with Crippen LogP contribution in [0.4, 0.5) is 0 Å². The lowest BCUT2D eigenvalue weighted by atomic mass is 9.99. The van der Waals surface area contributed by atoms with Crippen molar-refractivity contribution < 1.29 is 24.2 Å². The number of ether oxygens (including phenoxy) is 2. The molecule has 35 heavy (non-hydrogen) atoms. The standard InChI is InChI=1S/C30H34O5/c1-4-9-26(35-25-15-13-23(21(3)18-25)14-17-29(31)32)20-34-28-16-12-22(5-2)19-27(28)30(33)24-10-7-6-8-11-24/h6-8,10-13,15-16,18-19,26H,4-5,9,14,17,20H2,1-3H3,(H,31,32). The Labute approximate surface area is 207 Å². The molecule has 0 fully saturated rings. The van der Waals surface area contributed by atoms with Crippen LogP contribution in [0.2, 0.25) is 0 Å². The zero-order chi connectivity index (χ0) is 25.2. The first-order valence-corrected chi connectivity index (χ1v) is 12.2. The molecule has 1 atom stereocenters. The molecule has 0 radical (unpaired) electrons. The van der Waals surface area contributed by atoms with E-state index < -0.39 is 5.97 Å². The monoisotopic (exact) mass is 474 g/mol. The number of aliphatic carboxylic acids is 1. The summed E-state index contributed by atoms with van der Waals surface area (Å²) in [6.45, 7) is 6.43. The Bertz CT molecular complexity index is 1140. The van der Waals surface area contributed by atoms with Gasteiger partial charge in [-0.1, -0.05) is 62.7 Å². The number of carboxylic acids is 1. The highest BCUT2D eigenvalue weighted by Crippen LogP contribution is 2.26. The zero-order valence-electron chi connectivity index (χ0n) is 20.8. The molecular formula is C30H34O5. The van der Waals surface area contributed by atoms with Gasteiger partial charge in [-0.3, -0.25) is 9.59 Å². The molecule has 0 saturated heterocycles. The van der Waals surface area contributed by atoms with E-state index in [1.807, 2.05) is 73.7 Å². The Morgan fingerprint density at radius 2 is 1.74 bits per heavy atom. The van der Waals surface area contributed by atoms with Gasteiger partial charge in [-0.2, -0.15) is 0 Å². The molecule has 0 saturated carbocycles. The average Bonchev–Trinajstić information content (AvgIpc) is 2.87. The van der Waals surface area contributed by atoms with Crippen LogP contribution in [0.5, 0.6) is 11.5 Å². The summed E-state index contributed by atoms with van der Waals surface area (Å²) in [4.78, 5) is 24.1. The Kier molecular flexibility index (Phi) is 9.47. The molecule has 0 aliphatic carbocycles. The van der Waals surface area contributed by atoms with Crippen LogP contribution in [-0.4, -0.2) is 29.6 Å². The quantitative estimate of drug-likeness (QED) is 0.289. The molecule has 0 spiro atoms. The van der Waals surface area contributed by atoms with Gasteiger partial charge in [0.15, 0.2) is 5.78 Å². The number of rotatable bonds is 13. The van der Waals surface area contributed by atoms with E-state index in [4.69, 9.17) is 14.6 Å². The first-order valence-electron chi connectivity index (χ1n) is 12.2.